The van der Waals surface area contributed by atoms with Crippen LogP contribution in [0.5, 0.6) is 5.75 Å². The number of carbonyl (C=O) groups excluding carboxylic acids is 1. The van der Waals surface area contributed by atoms with E-state index in [-0.39, 0.29) is 11.7 Å². The van der Waals surface area contributed by atoms with Gasteiger partial charge in [-0.15, -0.1) is 0 Å². The first-order valence-electron chi connectivity index (χ1n) is 6.56. The number of carbonyl (C=O) groups is 1. The van der Waals surface area contributed by atoms with Gasteiger partial charge in [0.05, 0.1) is 5.54 Å². The van der Waals surface area contributed by atoms with Crippen LogP contribution in [0.4, 0.5) is 5.69 Å². The molecule has 1 amide bonds. The number of amides is 1. The van der Waals surface area contributed by atoms with Gasteiger partial charge in [-0.1, -0.05) is 6.07 Å². The summed E-state index contributed by atoms with van der Waals surface area (Å²) in [5.41, 5.74) is 0.0568. The van der Waals surface area contributed by atoms with E-state index in [1.54, 1.807) is 24.3 Å². The van der Waals surface area contributed by atoms with Crippen LogP contribution in [0.2, 0.25) is 0 Å². The highest BCUT2D eigenvalue weighted by Gasteiger charge is 2.35. The molecule has 1 aliphatic heterocycles. The Morgan fingerprint density at radius 1 is 1.37 bits per heavy atom. The molecule has 1 heterocycles. The third-order valence-corrected chi connectivity index (χ3v) is 3.57. The fraction of sp³-hybridized carbons (Fsp3) is 0.500. The van der Waals surface area contributed by atoms with Crippen LogP contribution in [-0.2, 0) is 4.79 Å². The second kappa shape index (κ2) is 5.59. The van der Waals surface area contributed by atoms with Gasteiger partial charge in [-0.05, 0) is 26.0 Å². The fourth-order valence-electron chi connectivity index (χ4n) is 2.24. The lowest BCUT2D eigenvalue weighted by Crippen LogP contribution is -2.58. The van der Waals surface area contributed by atoms with E-state index in [0.717, 1.165) is 26.2 Å². The van der Waals surface area contributed by atoms with E-state index < -0.39 is 5.54 Å². The van der Waals surface area contributed by atoms with Crippen molar-refractivity contribution in [2.45, 2.75) is 19.4 Å². The minimum absolute atomic E-state index is 0.0556. The van der Waals surface area contributed by atoms with E-state index in [1.165, 1.54) is 0 Å². The maximum atomic E-state index is 12.4. The molecule has 0 saturated carbocycles. The summed E-state index contributed by atoms with van der Waals surface area (Å²) in [5.74, 6) is 0.0952. The van der Waals surface area contributed by atoms with Crippen molar-refractivity contribution in [1.29, 1.82) is 0 Å². The summed E-state index contributed by atoms with van der Waals surface area (Å²) < 4.78 is 0. The smallest absolute Gasteiger partial charge is 0.244 e. The van der Waals surface area contributed by atoms with Crippen LogP contribution in [0, 0.1) is 0 Å². The molecule has 1 aliphatic rings. The Morgan fingerprint density at radius 3 is 2.68 bits per heavy atom. The first kappa shape index (κ1) is 13.8. The van der Waals surface area contributed by atoms with Gasteiger partial charge < -0.3 is 15.7 Å². The first-order valence-corrected chi connectivity index (χ1v) is 6.56. The Bertz CT molecular complexity index is 454. The van der Waals surface area contributed by atoms with Gasteiger partial charge in [-0.2, -0.15) is 0 Å². The van der Waals surface area contributed by atoms with Gasteiger partial charge in [0.1, 0.15) is 5.75 Å². The van der Waals surface area contributed by atoms with E-state index in [4.69, 9.17) is 0 Å². The maximum absolute atomic E-state index is 12.4. The first-order chi connectivity index (χ1) is 9.00. The monoisotopic (exact) mass is 263 g/mol. The van der Waals surface area contributed by atoms with Crippen LogP contribution >= 0.6 is 0 Å². The van der Waals surface area contributed by atoms with Gasteiger partial charge in [-0.25, -0.2) is 0 Å². The van der Waals surface area contributed by atoms with E-state index in [0.29, 0.717) is 5.69 Å². The Kier molecular flexibility index (Phi) is 4.07. The van der Waals surface area contributed by atoms with E-state index in [2.05, 4.69) is 15.5 Å². The molecule has 3 N–H and O–H groups in total. The summed E-state index contributed by atoms with van der Waals surface area (Å²) >= 11 is 0. The fourth-order valence-corrected chi connectivity index (χ4v) is 2.24. The van der Waals surface area contributed by atoms with Gasteiger partial charge in [0.2, 0.25) is 5.91 Å². The molecule has 1 aromatic rings. The molecule has 0 radical (unpaired) electrons. The zero-order valence-electron chi connectivity index (χ0n) is 11.4. The van der Waals surface area contributed by atoms with E-state index >= 15 is 0 Å². The lowest BCUT2D eigenvalue weighted by Gasteiger charge is -2.39. The van der Waals surface area contributed by atoms with Crippen LogP contribution in [0.15, 0.2) is 24.3 Å². The largest absolute Gasteiger partial charge is 0.508 e. The third kappa shape index (κ3) is 3.24. The Labute approximate surface area is 113 Å². The number of benzene rings is 1. The predicted octanol–water partition coefficient (Wildman–Crippen LogP) is 1.01. The third-order valence-electron chi connectivity index (χ3n) is 3.57. The van der Waals surface area contributed by atoms with Crippen LogP contribution in [0.25, 0.3) is 0 Å². The quantitative estimate of drug-likeness (QED) is 0.761. The Hall–Kier alpha value is -1.59. The van der Waals surface area contributed by atoms with E-state index in [1.807, 2.05) is 13.8 Å². The molecule has 0 bridgehead atoms. The Balaban J connectivity index is 2.05. The van der Waals surface area contributed by atoms with Crippen molar-refractivity contribution in [2.24, 2.45) is 0 Å². The highest BCUT2D eigenvalue weighted by Crippen LogP contribution is 2.20. The van der Waals surface area contributed by atoms with Gasteiger partial charge in [0, 0.05) is 37.9 Å². The molecule has 0 spiro atoms. The highest BCUT2D eigenvalue weighted by molar-refractivity contribution is 5.97. The second-order valence-electron chi connectivity index (χ2n) is 5.30. The molecule has 19 heavy (non-hydrogen) atoms. The lowest BCUT2D eigenvalue weighted by molar-refractivity contribution is -0.126. The minimum atomic E-state index is -0.562. The van der Waals surface area contributed by atoms with Crippen molar-refractivity contribution in [1.82, 2.24) is 10.2 Å². The number of phenols is 1. The van der Waals surface area contributed by atoms with Crippen LogP contribution in [0.3, 0.4) is 0 Å². The number of aromatic hydroxyl groups is 1. The summed E-state index contributed by atoms with van der Waals surface area (Å²) in [6.45, 7) is 7.39. The van der Waals surface area contributed by atoms with Gasteiger partial charge >= 0.3 is 0 Å². The minimum Gasteiger partial charge on any atom is -0.508 e. The van der Waals surface area contributed by atoms with E-state index in [9.17, 15) is 9.90 Å². The second-order valence-corrected chi connectivity index (χ2v) is 5.30. The number of nitrogens with one attached hydrogen (secondary N) is 2. The molecule has 1 aromatic carbocycles. The number of piperazine rings is 1. The molecule has 5 nitrogen and oxygen atoms in total. The molecule has 0 aromatic heterocycles. The Morgan fingerprint density at radius 2 is 2.05 bits per heavy atom. The van der Waals surface area contributed by atoms with Gasteiger partial charge in [-0.3, -0.25) is 9.69 Å². The number of nitrogens with zero attached hydrogens (tertiary/aromatic N) is 1. The topological polar surface area (TPSA) is 64.6 Å². The summed E-state index contributed by atoms with van der Waals surface area (Å²) in [7, 11) is 0. The highest BCUT2D eigenvalue weighted by atomic mass is 16.3. The van der Waals surface area contributed by atoms with Crippen LogP contribution < -0.4 is 10.6 Å². The van der Waals surface area contributed by atoms with Gasteiger partial charge in [0.25, 0.3) is 0 Å². The molecule has 0 unspecified atom stereocenters. The number of hydrogen-bond acceptors (Lipinski definition) is 4. The summed E-state index contributed by atoms with van der Waals surface area (Å²) in [5, 5.41) is 15.5. The van der Waals surface area contributed by atoms with Crippen molar-refractivity contribution in [3.05, 3.63) is 24.3 Å². The normalized spacial score (nSPS) is 17.2. The number of rotatable bonds is 3. The van der Waals surface area contributed by atoms with Crippen molar-refractivity contribution in [3.8, 4) is 5.75 Å². The molecular formula is C14H21N3O2. The standard InChI is InChI=1S/C14H21N3O2/c1-14(2,17-8-6-15-7-9-17)13(19)16-11-4-3-5-12(18)10-11/h3-5,10,15,18H,6-9H2,1-2H3,(H,16,19). The lowest BCUT2D eigenvalue weighted by atomic mass is 10.0. The predicted molar refractivity (Wildman–Crippen MR) is 75.3 cm³/mol. The number of hydrogen-bond donors (Lipinski definition) is 3. The van der Waals surface area contributed by atoms with Crippen molar-refractivity contribution < 1.29 is 9.90 Å². The summed E-state index contributed by atoms with van der Waals surface area (Å²) in [6.07, 6.45) is 0. The van der Waals surface area contributed by atoms with Crippen molar-refractivity contribution in [3.63, 3.8) is 0 Å². The summed E-state index contributed by atoms with van der Waals surface area (Å²) in [4.78, 5) is 14.6. The van der Waals surface area contributed by atoms with Crippen LogP contribution in [0.1, 0.15) is 13.8 Å². The molecular weight excluding hydrogens is 242 g/mol. The zero-order chi connectivity index (χ0) is 13.9. The van der Waals surface area contributed by atoms with Crippen molar-refractivity contribution >= 4 is 11.6 Å². The van der Waals surface area contributed by atoms with Crippen LogP contribution in [-0.4, -0.2) is 47.6 Å². The SMILES string of the molecule is CC(C)(C(=O)Nc1cccc(O)c1)N1CCNCC1. The number of anilines is 1. The molecule has 104 valence electrons. The molecule has 0 atom stereocenters. The molecule has 1 saturated heterocycles. The maximum Gasteiger partial charge on any atom is 0.244 e. The molecule has 2 rings (SSSR count). The molecule has 0 aliphatic carbocycles. The molecule has 5 heteroatoms. The average Bonchev–Trinajstić information content (AvgIpc) is 2.39. The number of phenolic OH excluding ortho intramolecular Hbond substituents is 1. The average molecular weight is 263 g/mol. The van der Waals surface area contributed by atoms with Gasteiger partial charge in [0.15, 0.2) is 0 Å². The van der Waals surface area contributed by atoms with Crippen molar-refractivity contribution in [2.75, 3.05) is 31.5 Å². The zero-order valence-corrected chi connectivity index (χ0v) is 11.4. The molecule has 1 fully saturated rings. The summed E-state index contributed by atoms with van der Waals surface area (Å²) in [6, 6.07) is 6.61.